The average Bonchev–Trinajstić information content (AvgIpc) is 3.55. The van der Waals surface area contributed by atoms with E-state index in [0.717, 1.165) is 10.7 Å². The van der Waals surface area contributed by atoms with Crippen molar-refractivity contribution in [3.05, 3.63) is 59.5 Å². The van der Waals surface area contributed by atoms with Crippen LogP contribution in [0, 0.1) is 0 Å². The van der Waals surface area contributed by atoms with Gasteiger partial charge in [0.15, 0.2) is 5.60 Å². The third-order valence-corrected chi connectivity index (χ3v) is 6.45. The standard InChI is InChI=1S/C22H22N8O2S/c1-29-10-6-22(32,20(29)31)14-3-7-23-17(11-14)18-13-33-19(26-18)16-4-8-24-21(27-16)25-12-15-5-9-30(2)28-15/h3-5,7-9,11,13,32H,6,10,12H2,1-2H3,(H,24,25,27)/t22-/m1/s1. The number of pyridine rings is 1. The Labute approximate surface area is 194 Å². The van der Waals surface area contributed by atoms with Crippen molar-refractivity contribution in [2.75, 3.05) is 18.9 Å². The lowest BCUT2D eigenvalue weighted by atomic mass is 9.92. The minimum Gasteiger partial charge on any atom is -0.375 e. The second kappa shape index (κ2) is 8.34. The summed E-state index contributed by atoms with van der Waals surface area (Å²) in [6.07, 6.45) is 5.51. The molecule has 0 spiro atoms. The van der Waals surface area contributed by atoms with Gasteiger partial charge in [0.2, 0.25) is 5.95 Å². The minimum absolute atomic E-state index is 0.301. The zero-order valence-corrected chi connectivity index (χ0v) is 19.0. The molecule has 1 aliphatic heterocycles. The molecule has 0 radical (unpaired) electrons. The van der Waals surface area contributed by atoms with E-state index in [1.807, 2.05) is 24.7 Å². The lowest BCUT2D eigenvalue weighted by molar-refractivity contribution is -0.143. The molecule has 0 bridgehead atoms. The van der Waals surface area contributed by atoms with Crippen molar-refractivity contribution < 1.29 is 9.90 Å². The highest BCUT2D eigenvalue weighted by Gasteiger charge is 2.45. The molecule has 5 rings (SSSR count). The molecule has 33 heavy (non-hydrogen) atoms. The molecule has 10 nitrogen and oxygen atoms in total. The summed E-state index contributed by atoms with van der Waals surface area (Å²) >= 11 is 1.44. The first-order valence-corrected chi connectivity index (χ1v) is 11.3. The fraction of sp³-hybridized carbons (Fsp3) is 0.273. The molecule has 1 saturated heterocycles. The number of aromatic nitrogens is 6. The van der Waals surface area contributed by atoms with E-state index in [4.69, 9.17) is 0 Å². The number of hydrogen-bond acceptors (Lipinski definition) is 9. The number of thiazole rings is 1. The average molecular weight is 463 g/mol. The van der Waals surface area contributed by atoms with Crippen molar-refractivity contribution in [3.63, 3.8) is 0 Å². The lowest BCUT2D eigenvalue weighted by Crippen LogP contribution is -2.36. The lowest BCUT2D eigenvalue weighted by Gasteiger charge is -2.21. The van der Waals surface area contributed by atoms with Crippen LogP contribution in [-0.2, 0) is 24.0 Å². The smallest absolute Gasteiger partial charge is 0.258 e. The second-order valence-electron chi connectivity index (χ2n) is 7.90. The van der Waals surface area contributed by atoms with Crippen LogP contribution in [0.4, 0.5) is 5.95 Å². The molecule has 1 amide bonds. The summed E-state index contributed by atoms with van der Waals surface area (Å²) in [4.78, 5) is 31.9. The number of likely N-dealkylation sites (tertiary alicyclic amines) is 1. The molecule has 0 saturated carbocycles. The molecule has 5 heterocycles. The molecule has 1 aliphatic rings. The van der Waals surface area contributed by atoms with E-state index in [-0.39, 0.29) is 5.91 Å². The van der Waals surface area contributed by atoms with E-state index in [1.165, 1.54) is 16.2 Å². The topological polar surface area (TPSA) is 122 Å². The van der Waals surface area contributed by atoms with Gasteiger partial charge in [-0.25, -0.2) is 15.0 Å². The number of aliphatic hydroxyl groups is 1. The number of nitrogens with one attached hydrogen (secondary N) is 1. The van der Waals surface area contributed by atoms with Crippen molar-refractivity contribution in [1.29, 1.82) is 0 Å². The molecule has 1 atom stereocenters. The third-order valence-electron chi connectivity index (χ3n) is 5.58. The number of hydrogen-bond donors (Lipinski definition) is 2. The number of carbonyl (C=O) groups is 1. The Morgan fingerprint density at radius 3 is 2.73 bits per heavy atom. The predicted octanol–water partition coefficient (Wildman–Crippen LogP) is 2.06. The van der Waals surface area contributed by atoms with E-state index in [9.17, 15) is 9.90 Å². The van der Waals surface area contributed by atoms with Crippen molar-refractivity contribution in [2.45, 2.75) is 18.6 Å². The molecule has 0 aromatic carbocycles. The SMILES string of the molecule is CN1CC[C@@](O)(c2ccnc(-c3csc(-c4ccnc(NCc5ccn(C)n5)n4)n3)c2)C1=O. The molecule has 1 fully saturated rings. The van der Waals surface area contributed by atoms with E-state index in [2.05, 4.69) is 30.4 Å². The van der Waals surface area contributed by atoms with Crippen LogP contribution in [0.3, 0.4) is 0 Å². The van der Waals surface area contributed by atoms with Gasteiger partial charge in [-0.1, -0.05) is 0 Å². The second-order valence-corrected chi connectivity index (χ2v) is 8.76. The Bertz CT molecular complexity index is 1320. The quantitative estimate of drug-likeness (QED) is 0.447. The van der Waals surface area contributed by atoms with Crippen molar-refractivity contribution in [2.24, 2.45) is 7.05 Å². The van der Waals surface area contributed by atoms with Crippen molar-refractivity contribution >= 4 is 23.2 Å². The van der Waals surface area contributed by atoms with Crippen LogP contribution in [-0.4, -0.2) is 59.2 Å². The number of carbonyl (C=O) groups excluding carboxylic acids is 1. The molecule has 4 aromatic rings. The normalized spacial score (nSPS) is 18.2. The van der Waals surface area contributed by atoms with Crippen LogP contribution in [0.15, 0.2) is 48.2 Å². The Balaban J connectivity index is 1.36. The molecule has 0 unspecified atom stereocenters. The van der Waals surface area contributed by atoms with Crippen LogP contribution in [0.2, 0.25) is 0 Å². The van der Waals surface area contributed by atoms with Gasteiger partial charge >= 0.3 is 0 Å². The highest BCUT2D eigenvalue weighted by Crippen LogP contribution is 2.34. The van der Waals surface area contributed by atoms with Gasteiger partial charge in [-0.3, -0.25) is 14.5 Å². The summed E-state index contributed by atoms with van der Waals surface area (Å²) in [5.41, 5.74) is 1.83. The predicted molar refractivity (Wildman–Crippen MR) is 123 cm³/mol. The molecule has 2 N–H and O–H groups in total. The van der Waals surface area contributed by atoms with Gasteiger partial charge in [0, 0.05) is 51.0 Å². The van der Waals surface area contributed by atoms with Crippen LogP contribution >= 0.6 is 11.3 Å². The first-order chi connectivity index (χ1) is 15.9. The summed E-state index contributed by atoms with van der Waals surface area (Å²) in [5, 5.41) is 21.1. The van der Waals surface area contributed by atoms with Crippen molar-refractivity contribution in [1.82, 2.24) is 34.6 Å². The fourth-order valence-corrected chi connectivity index (χ4v) is 4.53. The maximum absolute atomic E-state index is 12.5. The zero-order valence-electron chi connectivity index (χ0n) is 18.1. The number of rotatable bonds is 6. The largest absolute Gasteiger partial charge is 0.375 e. The van der Waals surface area contributed by atoms with Crippen LogP contribution in [0.25, 0.3) is 22.1 Å². The van der Waals surface area contributed by atoms with Gasteiger partial charge < -0.3 is 15.3 Å². The van der Waals surface area contributed by atoms with Gasteiger partial charge in [0.05, 0.1) is 17.9 Å². The summed E-state index contributed by atoms with van der Waals surface area (Å²) in [6.45, 7) is 1.03. The molecule has 11 heteroatoms. The van der Waals surface area contributed by atoms with Gasteiger partial charge in [-0.05, 0) is 29.8 Å². The maximum Gasteiger partial charge on any atom is 0.258 e. The Morgan fingerprint density at radius 1 is 1.12 bits per heavy atom. The summed E-state index contributed by atoms with van der Waals surface area (Å²) in [7, 11) is 3.56. The first-order valence-electron chi connectivity index (χ1n) is 10.4. The molecule has 168 valence electrons. The zero-order chi connectivity index (χ0) is 23.0. The highest BCUT2D eigenvalue weighted by atomic mass is 32.1. The van der Waals surface area contributed by atoms with E-state index in [0.29, 0.717) is 48.1 Å². The molecular weight excluding hydrogens is 440 g/mol. The van der Waals surface area contributed by atoms with E-state index < -0.39 is 5.60 Å². The molecule has 4 aromatic heterocycles. The van der Waals surface area contributed by atoms with Crippen molar-refractivity contribution in [3.8, 4) is 22.1 Å². The van der Waals surface area contributed by atoms with Gasteiger partial charge in [0.1, 0.15) is 16.4 Å². The highest BCUT2D eigenvalue weighted by molar-refractivity contribution is 7.13. The molecule has 0 aliphatic carbocycles. The maximum atomic E-state index is 12.5. The van der Waals surface area contributed by atoms with Gasteiger partial charge in [0.25, 0.3) is 5.91 Å². The first kappa shape index (κ1) is 21.2. The minimum atomic E-state index is -1.52. The van der Waals surface area contributed by atoms with Gasteiger partial charge in [-0.15, -0.1) is 11.3 Å². The fourth-order valence-electron chi connectivity index (χ4n) is 3.75. The van der Waals surface area contributed by atoms with Crippen LogP contribution in [0.5, 0.6) is 0 Å². The monoisotopic (exact) mass is 462 g/mol. The summed E-state index contributed by atoms with van der Waals surface area (Å²) in [5.74, 6) is 0.187. The van der Waals surface area contributed by atoms with Crippen LogP contribution < -0.4 is 5.32 Å². The summed E-state index contributed by atoms with van der Waals surface area (Å²) in [6, 6.07) is 7.14. The molecular formula is C22H22N8O2S. The van der Waals surface area contributed by atoms with Gasteiger partial charge in [-0.2, -0.15) is 5.10 Å². The summed E-state index contributed by atoms with van der Waals surface area (Å²) < 4.78 is 1.74. The Hall–Kier alpha value is -3.70. The third kappa shape index (κ3) is 4.08. The van der Waals surface area contributed by atoms with E-state index >= 15 is 0 Å². The number of anilines is 1. The van der Waals surface area contributed by atoms with Crippen LogP contribution in [0.1, 0.15) is 17.7 Å². The van der Waals surface area contributed by atoms with E-state index in [1.54, 1.807) is 42.3 Å². The Morgan fingerprint density at radius 2 is 1.97 bits per heavy atom. The number of likely N-dealkylation sites (N-methyl/N-ethyl adjacent to an activating group) is 1. The number of aryl methyl sites for hydroxylation is 1. The Kier molecular flexibility index (Phi) is 5.35. The number of nitrogens with zero attached hydrogens (tertiary/aromatic N) is 7. The number of amides is 1.